The molecule has 1 aliphatic heterocycles. The summed E-state index contributed by atoms with van der Waals surface area (Å²) < 4.78 is 6.52. The van der Waals surface area contributed by atoms with Gasteiger partial charge in [-0.3, -0.25) is 14.2 Å². The monoisotopic (exact) mass is 406 g/mol. The van der Waals surface area contributed by atoms with E-state index in [0.717, 1.165) is 22.8 Å². The van der Waals surface area contributed by atoms with Gasteiger partial charge in [-0.25, -0.2) is 15.0 Å². The highest BCUT2D eigenvalue weighted by Gasteiger charge is 2.22. The fraction of sp³-hybridized carbons (Fsp3) is 0.286. The van der Waals surface area contributed by atoms with Gasteiger partial charge in [0, 0.05) is 50.1 Å². The Morgan fingerprint density at radius 2 is 1.83 bits per heavy atom. The Labute approximate surface area is 173 Å². The summed E-state index contributed by atoms with van der Waals surface area (Å²) in [4.78, 5) is 40.9. The lowest BCUT2D eigenvalue weighted by molar-refractivity contribution is -0.132. The molecule has 0 bridgehead atoms. The minimum atomic E-state index is -0.232. The van der Waals surface area contributed by atoms with Crippen molar-refractivity contribution in [3.8, 4) is 17.0 Å². The molecule has 0 unspecified atom stereocenters. The van der Waals surface area contributed by atoms with Gasteiger partial charge in [0.05, 0.1) is 19.1 Å². The van der Waals surface area contributed by atoms with Gasteiger partial charge in [0.15, 0.2) is 0 Å². The minimum Gasteiger partial charge on any atom is -0.497 e. The molecule has 1 fully saturated rings. The number of rotatable bonds is 5. The van der Waals surface area contributed by atoms with Crippen LogP contribution in [0.25, 0.3) is 11.3 Å². The van der Waals surface area contributed by atoms with Gasteiger partial charge in [-0.15, -0.1) is 0 Å². The summed E-state index contributed by atoms with van der Waals surface area (Å²) >= 11 is 0. The van der Waals surface area contributed by atoms with Crippen molar-refractivity contribution in [2.24, 2.45) is 0 Å². The molecule has 1 amide bonds. The molecule has 0 radical (unpaired) electrons. The van der Waals surface area contributed by atoms with Crippen LogP contribution in [-0.4, -0.2) is 63.6 Å². The Morgan fingerprint density at radius 1 is 1.07 bits per heavy atom. The predicted molar refractivity (Wildman–Crippen MR) is 111 cm³/mol. The maximum atomic E-state index is 12.5. The average Bonchev–Trinajstić information content (AvgIpc) is 2.81. The molecule has 0 saturated carbocycles. The molecule has 3 heterocycles. The Bertz CT molecular complexity index is 1070. The molecule has 2 aromatic heterocycles. The van der Waals surface area contributed by atoms with Crippen molar-refractivity contribution >= 4 is 11.7 Å². The highest BCUT2D eigenvalue weighted by molar-refractivity contribution is 5.76. The van der Waals surface area contributed by atoms with Crippen LogP contribution in [-0.2, 0) is 11.3 Å². The van der Waals surface area contributed by atoms with E-state index in [9.17, 15) is 9.59 Å². The largest absolute Gasteiger partial charge is 0.497 e. The van der Waals surface area contributed by atoms with Gasteiger partial charge in [0.25, 0.3) is 5.56 Å². The van der Waals surface area contributed by atoms with Crippen LogP contribution in [0, 0.1) is 0 Å². The number of amides is 1. The average molecular weight is 406 g/mol. The van der Waals surface area contributed by atoms with Gasteiger partial charge in [0.1, 0.15) is 24.4 Å². The van der Waals surface area contributed by atoms with Crippen LogP contribution in [0.15, 0.2) is 60.0 Å². The quantitative estimate of drug-likeness (QED) is 0.625. The highest BCUT2D eigenvalue weighted by Crippen LogP contribution is 2.23. The van der Waals surface area contributed by atoms with Crippen LogP contribution in [0.5, 0.6) is 5.75 Å². The third-order valence-corrected chi connectivity index (χ3v) is 5.09. The molecular formula is C21H22N6O3. The third kappa shape index (κ3) is 4.29. The number of carbonyl (C=O) groups excluding carboxylic acids is 1. The molecule has 0 atom stereocenters. The number of carbonyl (C=O) groups is 1. The smallest absolute Gasteiger partial charge is 0.253 e. The van der Waals surface area contributed by atoms with Gasteiger partial charge in [-0.1, -0.05) is 0 Å². The van der Waals surface area contributed by atoms with Crippen molar-refractivity contribution in [2.75, 3.05) is 38.2 Å². The number of piperazine rings is 1. The lowest BCUT2D eigenvalue weighted by Gasteiger charge is -2.35. The van der Waals surface area contributed by atoms with Crippen molar-refractivity contribution in [1.82, 2.24) is 24.4 Å². The number of nitrogens with zero attached hydrogens (tertiary/aromatic N) is 6. The fourth-order valence-electron chi connectivity index (χ4n) is 3.37. The Morgan fingerprint density at radius 3 is 2.53 bits per heavy atom. The van der Waals surface area contributed by atoms with E-state index < -0.39 is 0 Å². The lowest BCUT2D eigenvalue weighted by Crippen LogP contribution is -2.50. The fourth-order valence-corrected chi connectivity index (χ4v) is 3.37. The summed E-state index contributed by atoms with van der Waals surface area (Å²) in [6.45, 7) is 2.45. The summed E-state index contributed by atoms with van der Waals surface area (Å²) in [5, 5.41) is 0. The Hall–Kier alpha value is -3.75. The van der Waals surface area contributed by atoms with Crippen molar-refractivity contribution < 1.29 is 9.53 Å². The highest BCUT2D eigenvalue weighted by atomic mass is 16.5. The van der Waals surface area contributed by atoms with Gasteiger partial charge >= 0.3 is 0 Å². The lowest BCUT2D eigenvalue weighted by atomic mass is 10.1. The number of anilines is 1. The molecule has 4 rings (SSSR count). The summed E-state index contributed by atoms with van der Waals surface area (Å²) in [5.74, 6) is 1.53. The molecular weight excluding hydrogens is 384 g/mol. The van der Waals surface area contributed by atoms with Crippen LogP contribution in [0.3, 0.4) is 0 Å². The van der Waals surface area contributed by atoms with E-state index in [1.807, 2.05) is 30.3 Å². The van der Waals surface area contributed by atoms with Crippen molar-refractivity contribution in [2.45, 2.75) is 6.54 Å². The zero-order valence-electron chi connectivity index (χ0n) is 16.6. The first-order chi connectivity index (χ1) is 14.6. The van der Waals surface area contributed by atoms with Gasteiger partial charge in [0.2, 0.25) is 5.91 Å². The Kier molecular flexibility index (Phi) is 5.69. The van der Waals surface area contributed by atoms with E-state index in [2.05, 4.69) is 19.9 Å². The van der Waals surface area contributed by atoms with Crippen LogP contribution < -0.4 is 15.2 Å². The number of ether oxygens (including phenoxy) is 1. The molecule has 0 aliphatic carbocycles. The van der Waals surface area contributed by atoms with Crippen molar-refractivity contribution in [1.29, 1.82) is 0 Å². The zero-order valence-corrected chi connectivity index (χ0v) is 16.6. The number of hydrogen-bond donors (Lipinski definition) is 0. The maximum Gasteiger partial charge on any atom is 0.253 e. The topological polar surface area (TPSA) is 93.5 Å². The molecule has 30 heavy (non-hydrogen) atoms. The first-order valence-electron chi connectivity index (χ1n) is 9.64. The van der Waals surface area contributed by atoms with E-state index in [1.165, 1.54) is 23.2 Å². The van der Waals surface area contributed by atoms with Crippen LogP contribution in [0.2, 0.25) is 0 Å². The second-order valence-electron chi connectivity index (χ2n) is 6.90. The number of hydrogen-bond acceptors (Lipinski definition) is 7. The van der Waals surface area contributed by atoms with E-state index in [-0.39, 0.29) is 18.0 Å². The summed E-state index contributed by atoms with van der Waals surface area (Å²) in [6.07, 6.45) is 4.36. The summed E-state index contributed by atoms with van der Waals surface area (Å²) in [5.41, 5.74) is 1.58. The van der Waals surface area contributed by atoms with Gasteiger partial charge < -0.3 is 14.5 Å². The third-order valence-electron chi connectivity index (χ3n) is 5.09. The molecule has 1 aromatic carbocycles. The standard InChI is InChI=1S/C21H22N6O3/c1-30-17-4-2-16(3-5-17)18-12-19(24-14-23-18)25-8-10-26(11-9-25)21(29)13-27-15-22-7-6-20(27)28/h2-7,12,14-15H,8-11,13H2,1H3. The van der Waals surface area contributed by atoms with Gasteiger partial charge in [-0.05, 0) is 24.3 Å². The summed E-state index contributed by atoms with van der Waals surface area (Å²) in [7, 11) is 1.64. The molecule has 0 N–H and O–H groups in total. The first-order valence-corrected chi connectivity index (χ1v) is 9.64. The van der Waals surface area contributed by atoms with E-state index in [1.54, 1.807) is 18.3 Å². The second-order valence-corrected chi connectivity index (χ2v) is 6.90. The molecule has 0 spiro atoms. The first kappa shape index (κ1) is 19.6. The minimum absolute atomic E-state index is 0.00178. The van der Waals surface area contributed by atoms with Crippen molar-refractivity contribution in [3.63, 3.8) is 0 Å². The second kappa shape index (κ2) is 8.73. The van der Waals surface area contributed by atoms with Crippen LogP contribution in [0.1, 0.15) is 0 Å². The molecule has 9 heteroatoms. The van der Waals surface area contributed by atoms with E-state index in [0.29, 0.717) is 26.2 Å². The van der Waals surface area contributed by atoms with Crippen LogP contribution in [0.4, 0.5) is 5.82 Å². The van der Waals surface area contributed by atoms with Crippen molar-refractivity contribution in [3.05, 3.63) is 65.6 Å². The Balaban J connectivity index is 1.39. The van der Waals surface area contributed by atoms with E-state index >= 15 is 0 Å². The SMILES string of the molecule is COc1ccc(-c2cc(N3CCN(C(=O)Cn4cnccc4=O)CC3)ncn2)cc1. The molecule has 3 aromatic rings. The molecule has 1 aliphatic rings. The van der Waals surface area contributed by atoms with E-state index in [4.69, 9.17) is 4.74 Å². The summed E-state index contributed by atoms with van der Waals surface area (Å²) in [6, 6.07) is 11.0. The van der Waals surface area contributed by atoms with Gasteiger partial charge in [-0.2, -0.15) is 0 Å². The number of aromatic nitrogens is 4. The molecule has 154 valence electrons. The maximum absolute atomic E-state index is 12.5. The molecule has 9 nitrogen and oxygen atoms in total. The molecule has 1 saturated heterocycles. The number of benzene rings is 1. The number of methoxy groups -OCH3 is 1. The van der Waals surface area contributed by atoms with Crippen LogP contribution >= 0.6 is 0 Å². The predicted octanol–water partition coefficient (Wildman–Crippen LogP) is 1.06. The zero-order chi connectivity index (χ0) is 20.9. The normalized spacial score (nSPS) is 13.9.